The first kappa shape index (κ1) is 10.3. The van der Waals surface area contributed by atoms with Gasteiger partial charge in [0.25, 0.3) is 0 Å². The van der Waals surface area contributed by atoms with Gasteiger partial charge in [-0.15, -0.1) is 4.90 Å². The van der Waals surface area contributed by atoms with Gasteiger partial charge in [-0.1, -0.05) is 4.70 Å². The lowest BCUT2D eigenvalue weighted by atomic mass is 10.3. The van der Waals surface area contributed by atoms with Crippen LogP contribution < -0.4 is 4.74 Å². The number of ether oxygens (including phenoxy) is 1. The van der Waals surface area contributed by atoms with Crippen LogP contribution in [0.2, 0.25) is 0 Å². The highest BCUT2D eigenvalue weighted by molar-refractivity contribution is 5.93. The van der Waals surface area contributed by atoms with E-state index in [-0.39, 0.29) is 0 Å². The lowest BCUT2D eigenvalue weighted by Crippen LogP contribution is -2.26. The summed E-state index contributed by atoms with van der Waals surface area (Å²) in [7, 11) is 2.94. The van der Waals surface area contributed by atoms with E-state index in [1.54, 1.807) is 31.4 Å². The van der Waals surface area contributed by atoms with Crippen LogP contribution in [0, 0.1) is 0 Å². The lowest BCUT2D eigenvalue weighted by Gasteiger charge is -1.99. The van der Waals surface area contributed by atoms with Gasteiger partial charge in [-0.05, 0) is 24.3 Å². The Morgan fingerprint density at radius 2 is 1.88 bits per heavy atom. The number of methoxy groups -OCH3 is 1. The van der Waals surface area contributed by atoms with Crippen molar-refractivity contribution < 1.29 is 19.0 Å². The summed E-state index contributed by atoms with van der Waals surface area (Å²) in [5.74, 6) is 0.676. The summed E-state index contributed by atoms with van der Waals surface area (Å²) >= 11 is 0. The van der Waals surface area contributed by atoms with Gasteiger partial charge in [-0.2, -0.15) is 4.79 Å². The van der Waals surface area contributed by atoms with Crippen molar-refractivity contribution >= 4 is 17.7 Å². The largest absolute Gasteiger partial charge is 0.528 e. The van der Waals surface area contributed by atoms with Gasteiger partial charge in [0, 0.05) is 5.11 Å². The molecule has 82 valence electrons. The second kappa shape index (κ2) is 3.73. The van der Waals surface area contributed by atoms with Gasteiger partial charge in [0.1, 0.15) is 5.75 Å². The molecule has 0 unspecified atom stereocenters. The highest BCUT2D eigenvalue weighted by atomic mass is 16.5. The van der Waals surface area contributed by atoms with Crippen molar-refractivity contribution in [3.8, 4) is 5.75 Å². The second-order valence-electron chi connectivity index (χ2n) is 3.23. The van der Waals surface area contributed by atoms with E-state index in [1.165, 1.54) is 7.05 Å². The molecule has 16 heavy (non-hydrogen) atoms. The first-order valence-corrected chi connectivity index (χ1v) is 4.61. The zero-order valence-electron chi connectivity index (χ0n) is 8.88. The third kappa shape index (κ3) is 1.54. The third-order valence-electron chi connectivity index (χ3n) is 2.26. The van der Waals surface area contributed by atoms with Crippen molar-refractivity contribution in [2.75, 3.05) is 14.2 Å². The van der Waals surface area contributed by atoms with E-state index in [9.17, 15) is 9.59 Å². The van der Waals surface area contributed by atoms with E-state index >= 15 is 0 Å². The molecule has 1 aromatic rings. The van der Waals surface area contributed by atoms with E-state index in [0.29, 0.717) is 11.4 Å². The fraction of sp³-hybridized carbons (Fsp3) is 0.200. The molecule has 1 aliphatic heterocycles. The number of rotatable bonds is 2. The molecule has 0 saturated heterocycles. The van der Waals surface area contributed by atoms with Crippen molar-refractivity contribution in [1.29, 1.82) is 0 Å². The Kier molecular flexibility index (Phi) is 2.40. The van der Waals surface area contributed by atoms with E-state index in [2.05, 4.69) is 5.11 Å². The van der Waals surface area contributed by atoms with Crippen LogP contribution in [0.3, 0.4) is 0 Å². The smallest absolute Gasteiger partial charge is 0.497 e. The average Bonchev–Trinajstić information content (AvgIpc) is 2.57. The summed E-state index contributed by atoms with van der Waals surface area (Å²) in [6.45, 7) is 0. The molecule has 0 atom stereocenters. The van der Waals surface area contributed by atoms with Crippen molar-refractivity contribution in [2.24, 2.45) is 5.11 Å². The maximum absolute atomic E-state index is 11.6. The molecule has 0 N–H and O–H groups in total. The van der Waals surface area contributed by atoms with Crippen LogP contribution in [-0.4, -0.2) is 35.8 Å². The van der Waals surface area contributed by atoms with Crippen LogP contribution >= 0.6 is 0 Å². The minimum atomic E-state index is -0.569. The number of hydrogen-bond acceptors (Lipinski definition) is 3. The fourth-order valence-electron chi connectivity index (χ4n) is 1.31. The van der Waals surface area contributed by atoms with E-state index in [1.807, 2.05) is 0 Å². The number of imide groups is 1. The topological polar surface area (TPSA) is 62.0 Å². The zero-order chi connectivity index (χ0) is 11.7. The fourth-order valence-corrected chi connectivity index (χ4v) is 1.31. The number of carbonyl (C=O) groups excluding carboxylic acids is 2. The zero-order valence-corrected chi connectivity index (χ0v) is 8.88. The third-order valence-corrected chi connectivity index (χ3v) is 2.26. The molecule has 1 heterocycles. The SMILES string of the molecule is COc1ccc([N+]2=NC(=O)N(C)C2=O)cc1. The molecule has 0 bridgehead atoms. The van der Waals surface area contributed by atoms with E-state index in [4.69, 9.17) is 4.74 Å². The maximum atomic E-state index is 11.6. The van der Waals surface area contributed by atoms with Crippen LogP contribution in [0.25, 0.3) is 0 Å². The van der Waals surface area contributed by atoms with Crippen molar-refractivity contribution in [3.63, 3.8) is 0 Å². The van der Waals surface area contributed by atoms with Crippen molar-refractivity contribution in [3.05, 3.63) is 24.3 Å². The van der Waals surface area contributed by atoms with Gasteiger partial charge in [0.05, 0.1) is 14.2 Å². The molecule has 6 heteroatoms. The number of amides is 4. The molecule has 0 radical (unpaired) electrons. The highest BCUT2D eigenvalue weighted by Crippen LogP contribution is 2.21. The monoisotopic (exact) mass is 220 g/mol. The molecular formula is C10H10N3O3+. The van der Waals surface area contributed by atoms with Gasteiger partial charge in [-0.25, -0.2) is 4.79 Å². The van der Waals surface area contributed by atoms with Gasteiger partial charge in [-0.3, -0.25) is 0 Å². The molecule has 1 aromatic carbocycles. The Hall–Kier alpha value is -2.24. The van der Waals surface area contributed by atoms with Gasteiger partial charge >= 0.3 is 12.1 Å². The van der Waals surface area contributed by atoms with Gasteiger partial charge < -0.3 is 4.74 Å². The molecule has 2 rings (SSSR count). The maximum Gasteiger partial charge on any atom is 0.528 e. The summed E-state index contributed by atoms with van der Waals surface area (Å²) in [6.07, 6.45) is 0. The first-order chi connectivity index (χ1) is 7.63. The van der Waals surface area contributed by atoms with Crippen LogP contribution in [0.1, 0.15) is 0 Å². The molecule has 0 fully saturated rings. The van der Waals surface area contributed by atoms with Crippen LogP contribution in [0.4, 0.5) is 15.3 Å². The Balaban J connectivity index is 2.35. The number of hydrogen-bond donors (Lipinski definition) is 0. The number of urea groups is 2. The Morgan fingerprint density at radius 3 is 2.31 bits per heavy atom. The van der Waals surface area contributed by atoms with E-state index in [0.717, 1.165) is 9.60 Å². The standard InChI is InChI=1S/C10H10N3O3/c1-12-9(14)11-13(10(12)15)7-3-5-8(16-2)6-4-7/h3-6H,1-2H3/q+1. The second-order valence-corrected chi connectivity index (χ2v) is 3.23. The quantitative estimate of drug-likeness (QED) is 0.716. The van der Waals surface area contributed by atoms with Crippen molar-refractivity contribution in [2.45, 2.75) is 0 Å². The Morgan fingerprint density at radius 1 is 1.25 bits per heavy atom. The van der Waals surface area contributed by atoms with E-state index < -0.39 is 12.1 Å². The molecule has 0 spiro atoms. The van der Waals surface area contributed by atoms with Crippen LogP contribution in [0.5, 0.6) is 5.75 Å². The molecule has 0 aromatic heterocycles. The van der Waals surface area contributed by atoms with Gasteiger partial charge in [0.2, 0.25) is 0 Å². The number of benzene rings is 1. The van der Waals surface area contributed by atoms with Gasteiger partial charge in [0.15, 0.2) is 5.69 Å². The van der Waals surface area contributed by atoms with Crippen molar-refractivity contribution in [1.82, 2.24) is 4.90 Å². The molecular weight excluding hydrogens is 210 g/mol. The molecule has 0 aliphatic carbocycles. The molecule has 6 nitrogen and oxygen atoms in total. The summed E-state index contributed by atoms with van der Waals surface area (Å²) in [6, 6.07) is 5.68. The Bertz CT molecular complexity index is 479. The molecule has 4 amide bonds. The highest BCUT2D eigenvalue weighted by Gasteiger charge is 2.40. The summed E-state index contributed by atoms with van der Waals surface area (Å²) in [5.41, 5.74) is 0.531. The summed E-state index contributed by atoms with van der Waals surface area (Å²) in [5, 5.41) is 3.61. The normalized spacial score (nSPS) is 15.4. The average molecular weight is 220 g/mol. The summed E-state index contributed by atoms with van der Waals surface area (Å²) < 4.78 is 6.05. The molecule has 0 saturated carbocycles. The predicted molar refractivity (Wildman–Crippen MR) is 53.9 cm³/mol. The minimum Gasteiger partial charge on any atom is -0.497 e. The number of carbonyl (C=O) groups is 2. The molecule has 1 aliphatic rings. The van der Waals surface area contributed by atoms with Crippen LogP contribution in [-0.2, 0) is 0 Å². The Labute approximate surface area is 91.7 Å². The predicted octanol–water partition coefficient (Wildman–Crippen LogP) is 1.98. The number of nitrogens with zero attached hydrogens (tertiary/aromatic N) is 3. The lowest BCUT2D eigenvalue weighted by molar-refractivity contribution is -0.399. The minimum absolute atomic E-state index is 0.463. The number of azo groups is 2. The first-order valence-electron chi connectivity index (χ1n) is 4.61. The summed E-state index contributed by atoms with van der Waals surface area (Å²) in [4.78, 5) is 23.7. The van der Waals surface area contributed by atoms with Crippen LogP contribution in [0.15, 0.2) is 29.4 Å².